The summed E-state index contributed by atoms with van der Waals surface area (Å²) in [5.74, 6) is -1.16. The molecule has 0 bridgehead atoms. The fourth-order valence-electron chi connectivity index (χ4n) is 4.86. The van der Waals surface area contributed by atoms with Crippen LogP contribution in [0.3, 0.4) is 0 Å². The monoisotopic (exact) mass is 478 g/mol. The van der Waals surface area contributed by atoms with E-state index < -0.39 is 24.6 Å². The highest BCUT2D eigenvalue weighted by atomic mass is 16.5. The predicted molar refractivity (Wildman–Crippen MR) is 133 cm³/mol. The van der Waals surface area contributed by atoms with Crippen LogP contribution in [-0.2, 0) is 14.3 Å². The molecular weight excluding hydrogens is 444 g/mol. The Morgan fingerprint density at radius 1 is 1.03 bits per heavy atom. The minimum absolute atomic E-state index is 0.0740. The van der Waals surface area contributed by atoms with Gasteiger partial charge < -0.3 is 20.1 Å². The quantitative estimate of drug-likeness (QED) is 0.547. The predicted octanol–water partition coefficient (Wildman–Crippen LogP) is 4.65. The number of rotatable bonds is 9. The van der Waals surface area contributed by atoms with Crippen molar-refractivity contribution in [3.05, 3.63) is 59.7 Å². The van der Waals surface area contributed by atoms with E-state index >= 15 is 0 Å². The van der Waals surface area contributed by atoms with Crippen LogP contribution in [0.15, 0.2) is 48.5 Å². The first kappa shape index (κ1) is 24.8. The molecule has 0 spiro atoms. The minimum atomic E-state index is -1.08. The van der Waals surface area contributed by atoms with Gasteiger partial charge in [0.2, 0.25) is 5.91 Å². The van der Waals surface area contributed by atoms with Crippen LogP contribution in [0.5, 0.6) is 0 Å². The van der Waals surface area contributed by atoms with Gasteiger partial charge in [0.05, 0.1) is 0 Å². The van der Waals surface area contributed by atoms with Crippen molar-refractivity contribution >= 4 is 18.0 Å². The first-order chi connectivity index (χ1) is 16.6. The Kier molecular flexibility index (Phi) is 7.15. The third kappa shape index (κ3) is 6.21. The summed E-state index contributed by atoms with van der Waals surface area (Å²) in [4.78, 5) is 38.9. The number of amides is 2. The Bertz CT molecular complexity index is 1060. The number of hydrogen-bond acceptors (Lipinski definition) is 4. The molecule has 2 aliphatic carbocycles. The van der Waals surface area contributed by atoms with E-state index in [0.29, 0.717) is 12.3 Å². The molecule has 0 heterocycles. The Balaban J connectivity index is 1.44. The van der Waals surface area contributed by atoms with E-state index in [1.54, 1.807) is 0 Å². The minimum Gasteiger partial charge on any atom is -0.480 e. The fourth-order valence-corrected chi connectivity index (χ4v) is 4.86. The second-order valence-electron chi connectivity index (χ2n) is 10.9. The number of carbonyl (C=O) groups is 3. The van der Waals surface area contributed by atoms with Gasteiger partial charge in [-0.15, -0.1) is 0 Å². The van der Waals surface area contributed by atoms with E-state index in [9.17, 15) is 19.5 Å². The maximum atomic E-state index is 13.3. The summed E-state index contributed by atoms with van der Waals surface area (Å²) < 4.78 is 5.65. The number of nitrogens with zero attached hydrogens (tertiary/aromatic N) is 1. The topological polar surface area (TPSA) is 95.9 Å². The molecule has 4 rings (SSSR count). The molecule has 0 aliphatic heterocycles. The van der Waals surface area contributed by atoms with E-state index in [1.807, 2.05) is 45.0 Å². The first-order valence-corrected chi connectivity index (χ1v) is 12.2. The Morgan fingerprint density at radius 2 is 1.60 bits per heavy atom. The van der Waals surface area contributed by atoms with Gasteiger partial charge in [-0.1, -0.05) is 82.1 Å². The lowest BCUT2D eigenvalue weighted by Crippen LogP contribution is -2.52. The molecule has 1 atom stereocenters. The number of fused-ring (bicyclic) bond motifs is 3. The molecule has 0 saturated heterocycles. The number of aliphatic carboxylic acids is 1. The second-order valence-corrected chi connectivity index (χ2v) is 10.9. The molecule has 2 aromatic carbocycles. The third-order valence-electron chi connectivity index (χ3n) is 6.50. The smallest absolute Gasteiger partial charge is 0.407 e. The Morgan fingerprint density at radius 3 is 2.11 bits per heavy atom. The van der Waals surface area contributed by atoms with Gasteiger partial charge in [0.1, 0.15) is 19.2 Å². The SMILES string of the molecule is CC(C)(C)CN(CC(=O)O)C(=O)[C@H](CC1CC1)NC(=O)OCC1c2ccccc2-c2ccccc21. The molecule has 2 aromatic rings. The van der Waals surface area contributed by atoms with Crippen LogP contribution >= 0.6 is 0 Å². The zero-order valence-corrected chi connectivity index (χ0v) is 20.6. The van der Waals surface area contributed by atoms with Gasteiger partial charge in [-0.25, -0.2) is 4.79 Å². The Labute approximate surface area is 206 Å². The fraction of sp³-hybridized carbons (Fsp3) is 0.464. The number of carboxylic acids is 1. The zero-order chi connectivity index (χ0) is 25.2. The lowest BCUT2D eigenvalue weighted by molar-refractivity contribution is -0.146. The zero-order valence-electron chi connectivity index (χ0n) is 20.6. The van der Waals surface area contributed by atoms with Gasteiger partial charge in [0.15, 0.2) is 0 Å². The van der Waals surface area contributed by atoms with Gasteiger partial charge in [-0.3, -0.25) is 9.59 Å². The lowest BCUT2D eigenvalue weighted by atomic mass is 9.95. The van der Waals surface area contributed by atoms with Crippen LogP contribution in [0.1, 0.15) is 57.1 Å². The van der Waals surface area contributed by atoms with Crippen LogP contribution < -0.4 is 5.32 Å². The highest BCUT2D eigenvalue weighted by Gasteiger charge is 2.35. The van der Waals surface area contributed by atoms with Crippen molar-refractivity contribution < 1.29 is 24.2 Å². The molecule has 1 fully saturated rings. The maximum Gasteiger partial charge on any atom is 0.407 e. The van der Waals surface area contributed by atoms with Crippen molar-refractivity contribution in [2.45, 2.75) is 52.0 Å². The molecule has 35 heavy (non-hydrogen) atoms. The standard InChI is InChI=1S/C28H34N2O5/c1-28(2,3)17-30(15-25(31)32)26(33)24(14-18-12-13-18)29-27(34)35-16-23-21-10-6-4-8-19(21)20-9-5-7-11-22(20)23/h4-11,18,23-24H,12-17H2,1-3H3,(H,29,34)(H,31,32)/t24-/m0/s1. The second kappa shape index (κ2) is 10.1. The van der Waals surface area contributed by atoms with Crippen molar-refractivity contribution in [2.24, 2.45) is 11.3 Å². The largest absolute Gasteiger partial charge is 0.480 e. The van der Waals surface area contributed by atoms with Crippen molar-refractivity contribution in [2.75, 3.05) is 19.7 Å². The number of ether oxygens (including phenoxy) is 1. The van der Waals surface area contributed by atoms with Crippen molar-refractivity contribution in [3.8, 4) is 11.1 Å². The molecule has 2 aliphatic rings. The summed E-state index contributed by atoms with van der Waals surface area (Å²) in [6.45, 7) is 5.89. The molecular formula is C28H34N2O5. The summed E-state index contributed by atoms with van der Waals surface area (Å²) in [6.07, 6.45) is 1.85. The number of nitrogens with one attached hydrogen (secondary N) is 1. The number of carbonyl (C=O) groups excluding carboxylic acids is 2. The van der Waals surface area contributed by atoms with E-state index in [2.05, 4.69) is 29.6 Å². The van der Waals surface area contributed by atoms with Crippen molar-refractivity contribution in [1.29, 1.82) is 0 Å². The molecule has 186 valence electrons. The van der Waals surface area contributed by atoms with Crippen LogP contribution in [-0.4, -0.2) is 53.7 Å². The molecule has 0 unspecified atom stereocenters. The van der Waals surface area contributed by atoms with E-state index in [1.165, 1.54) is 4.90 Å². The summed E-state index contributed by atoms with van der Waals surface area (Å²) in [6, 6.07) is 15.4. The molecule has 7 nitrogen and oxygen atoms in total. The summed E-state index contributed by atoms with van der Waals surface area (Å²) in [5, 5.41) is 12.1. The molecule has 1 saturated carbocycles. The van der Waals surface area contributed by atoms with E-state index in [-0.39, 0.29) is 30.4 Å². The van der Waals surface area contributed by atoms with Crippen LogP contribution in [0.4, 0.5) is 4.79 Å². The Hall–Kier alpha value is -3.35. The number of alkyl carbamates (subject to hydrolysis) is 1. The first-order valence-electron chi connectivity index (χ1n) is 12.2. The average molecular weight is 479 g/mol. The van der Waals surface area contributed by atoms with E-state index in [4.69, 9.17) is 4.74 Å². The number of benzene rings is 2. The molecule has 0 radical (unpaired) electrons. The van der Waals surface area contributed by atoms with Gasteiger partial charge >= 0.3 is 12.1 Å². The van der Waals surface area contributed by atoms with Crippen molar-refractivity contribution in [1.82, 2.24) is 10.2 Å². The highest BCUT2D eigenvalue weighted by molar-refractivity contribution is 5.88. The average Bonchev–Trinajstić information content (AvgIpc) is 3.55. The van der Waals surface area contributed by atoms with Crippen LogP contribution in [0.2, 0.25) is 0 Å². The number of hydrogen-bond donors (Lipinski definition) is 2. The maximum absolute atomic E-state index is 13.3. The molecule has 2 amide bonds. The molecule has 2 N–H and O–H groups in total. The van der Waals surface area contributed by atoms with Crippen LogP contribution in [0.25, 0.3) is 11.1 Å². The lowest BCUT2D eigenvalue weighted by Gasteiger charge is -2.32. The summed E-state index contributed by atoms with van der Waals surface area (Å²) >= 11 is 0. The third-order valence-corrected chi connectivity index (χ3v) is 6.50. The van der Waals surface area contributed by atoms with E-state index in [0.717, 1.165) is 35.1 Å². The highest BCUT2D eigenvalue weighted by Crippen LogP contribution is 2.44. The normalized spacial score (nSPS) is 15.6. The summed E-state index contributed by atoms with van der Waals surface area (Å²) in [5.41, 5.74) is 4.24. The van der Waals surface area contributed by atoms with Gasteiger partial charge in [0.25, 0.3) is 0 Å². The number of carboxylic acid groups (broad SMARTS) is 1. The summed E-state index contributed by atoms with van der Waals surface area (Å²) in [7, 11) is 0. The van der Waals surface area contributed by atoms with Gasteiger partial charge in [-0.2, -0.15) is 0 Å². The van der Waals surface area contributed by atoms with Gasteiger partial charge in [-0.05, 0) is 40.0 Å². The van der Waals surface area contributed by atoms with Gasteiger partial charge in [0, 0.05) is 12.5 Å². The van der Waals surface area contributed by atoms with Crippen LogP contribution in [0, 0.1) is 11.3 Å². The van der Waals surface area contributed by atoms with Crippen molar-refractivity contribution in [3.63, 3.8) is 0 Å². The molecule has 7 heteroatoms. The molecule has 0 aromatic heterocycles.